The van der Waals surface area contributed by atoms with Crippen LogP contribution in [0.2, 0.25) is 0 Å². The van der Waals surface area contributed by atoms with Crippen LogP contribution < -0.4 is 5.32 Å². The molecule has 1 fully saturated rings. The van der Waals surface area contributed by atoms with Gasteiger partial charge >= 0.3 is 0 Å². The molecule has 3 rings (SSSR count). The molecule has 1 aromatic rings. The summed E-state index contributed by atoms with van der Waals surface area (Å²) in [6, 6.07) is 4.68. The molecule has 1 N–H and O–H groups in total. The molecule has 5 nitrogen and oxygen atoms in total. The molecule has 25 heavy (non-hydrogen) atoms. The zero-order valence-electron chi connectivity index (χ0n) is 14.7. The van der Waals surface area contributed by atoms with Crippen molar-refractivity contribution in [2.75, 3.05) is 25.0 Å². The number of hydrogen-bond acceptors (Lipinski definition) is 5. The maximum atomic E-state index is 12.3. The molecule has 1 amide bonds. The number of nitrogens with one attached hydrogen (secondary N) is 1. The first-order chi connectivity index (χ1) is 12.0. The zero-order chi connectivity index (χ0) is 17.9. The second-order valence-electron chi connectivity index (χ2n) is 7.34. The van der Waals surface area contributed by atoms with Crippen LogP contribution in [0.15, 0.2) is 0 Å². The maximum absolute atomic E-state index is 12.3. The summed E-state index contributed by atoms with van der Waals surface area (Å²) in [5.74, 6) is -0.0243. The average Bonchev–Trinajstić information content (AvgIpc) is 2.98. The Balaban J connectivity index is 1.53. The topological polar surface area (TPSA) is 79.9 Å². The fourth-order valence-electron chi connectivity index (χ4n) is 3.60. The maximum Gasteiger partial charge on any atom is 0.226 e. The second kappa shape index (κ2) is 7.56. The summed E-state index contributed by atoms with van der Waals surface area (Å²) < 4.78 is 0. The van der Waals surface area contributed by atoms with Gasteiger partial charge in [-0.1, -0.05) is 0 Å². The highest BCUT2D eigenvalue weighted by atomic mass is 32.1. The SMILES string of the molecule is CC1(C#N)CCN(CCC(=O)Nc2sc3c(c2C#N)CCCC3)CC1. The van der Waals surface area contributed by atoms with E-state index < -0.39 is 0 Å². The number of carbonyl (C=O) groups excluding carboxylic acids is 1. The normalized spacial score (nSPS) is 19.5. The number of carbonyl (C=O) groups is 1. The molecular formula is C19H24N4OS. The van der Waals surface area contributed by atoms with Gasteiger partial charge in [0.25, 0.3) is 0 Å². The number of nitriles is 2. The Morgan fingerprint density at radius 1 is 1.28 bits per heavy atom. The van der Waals surface area contributed by atoms with Crippen LogP contribution >= 0.6 is 11.3 Å². The van der Waals surface area contributed by atoms with Gasteiger partial charge in [0.2, 0.25) is 5.91 Å². The van der Waals surface area contributed by atoms with E-state index in [0.29, 0.717) is 18.5 Å². The Kier molecular flexibility index (Phi) is 5.42. The predicted molar refractivity (Wildman–Crippen MR) is 98.3 cm³/mol. The molecule has 0 spiro atoms. The Morgan fingerprint density at radius 2 is 2.00 bits per heavy atom. The summed E-state index contributed by atoms with van der Waals surface area (Å²) in [5, 5.41) is 22.3. The molecule has 2 aliphatic rings. The van der Waals surface area contributed by atoms with Gasteiger partial charge in [-0.2, -0.15) is 10.5 Å². The summed E-state index contributed by atoms with van der Waals surface area (Å²) in [7, 11) is 0. The van der Waals surface area contributed by atoms with Crippen LogP contribution in [0.4, 0.5) is 5.00 Å². The molecule has 1 aliphatic carbocycles. The minimum Gasteiger partial charge on any atom is -0.317 e. The highest BCUT2D eigenvalue weighted by Gasteiger charge is 2.30. The lowest BCUT2D eigenvalue weighted by Crippen LogP contribution is -2.39. The first kappa shape index (κ1) is 17.9. The number of hydrogen-bond donors (Lipinski definition) is 1. The molecule has 0 radical (unpaired) electrons. The summed E-state index contributed by atoms with van der Waals surface area (Å²) in [5.41, 5.74) is 1.62. The molecule has 1 aromatic heterocycles. The number of rotatable bonds is 4. The number of likely N-dealkylation sites (tertiary alicyclic amines) is 1. The fourth-order valence-corrected chi connectivity index (χ4v) is 4.86. The summed E-state index contributed by atoms with van der Waals surface area (Å²) in [6.45, 7) is 4.46. The van der Waals surface area contributed by atoms with E-state index in [9.17, 15) is 15.3 Å². The van der Waals surface area contributed by atoms with Crippen LogP contribution in [0.1, 0.15) is 55.0 Å². The third kappa shape index (κ3) is 4.03. The van der Waals surface area contributed by atoms with E-state index in [1.165, 1.54) is 11.3 Å². The Hall–Kier alpha value is -1.89. The number of thiophene rings is 1. The second-order valence-corrected chi connectivity index (χ2v) is 8.44. The summed E-state index contributed by atoms with van der Waals surface area (Å²) in [4.78, 5) is 15.8. The molecule has 132 valence electrons. The van der Waals surface area contributed by atoms with Crippen molar-refractivity contribution in [3.8, 4) is 12.1 Å². The van der Waals surface area contributed by atoms with Gasteiger partial charge in [0.15, 0.2) is 0 Å². The van der Waals surface area contributed by atoms with Crippen molar-refractivity contribution in [1.29, 1.82) is 10.5 Å². The number of aryl methyl sites for hydroxylation is 1. The number of piperidine rings is 1. The lowest BCUT2D eigenvalue weighted by Gasteiger charge is -2.34. The molecule has 6 heteroatoms. The van der Waals surface area contributed by atoms with Gasteiger partial charge in [0.05, 0.1) is 17.0 Å². The van der Waals surface area contributed by atoms with E-state index in [1.807, 2.05) is 6.92 Å². The molecule has 1 aliphatic heterocycles. The van der Waals surface area contributed by atoms with Gasteiger partial charge in [-0.05, 0) is 64.1 Å². The van der Waals surface area contributed by atoms with Gasteiger partial charge in [0, 0.05) is 17.8 Å². The minimum absolute atomic E-state index is 0.0243. The monoisotopic (exact) mass is 356 g/mol. The third-order valence-corrected chi connectivity index (χ3v) is 6.63. The largest absolute Gasteiger partial charge is 0.317 e. The molecule has 0 saturated carbocycles. The van der Waals surface area contributed by atoms with Crippen molar-refractivity contribution in [2.45, 2.75) is 51.9 Å². The highest BCUT2D eigenvalue weighted by molar-refractivity contribution is 7.16. The molecule has 0 bridgehead atoms. The Bertz CT molecular complexity index is 732. The van der Waals surface area contributed by atoms with E-state index in [1.54, 1.807) is 11.3 Å². The molecular weight excluding hydrogens is 332 g/mol. The van der Waals surface area contributed by atoms with E-state index in [2.05, 4.69) is 22.4 Å². The molecule has 2 heterocycles. The van der Waals surface area contributed by atoms with Crippen LogP contribution in [-0.2, 0) is 17.6 Å². The number of anilines is 1. The van der Waals surface area contributed by atoms with Crippen molar-refractivity contribution in [1.82, 2.24) is 4.90 Å². The van der Waals surface area contributed by atoms with E-state index in [4.69, 9.17) is 0 Å². The Morgan fingerprint density at radius 3 is 2.68 bits per heavy atom. The number of nitrogens with zero attached hydrogens (tertiary/aromatic N) is 3. The van der Waals surface area contributed by atoms with Gasteiger partial charge < -0.3 is 10.2 Å². The summed E-state index contributed by atoms with van der Waals surface area (Å²) in [6.07, 6.45) is 6.43. The molecule has 0 unspecified atom stereocenters. The lowest BCUT2D eigenvalue weighted by molar-refractivity contribution is -0.116. The van der Waals surface area contributed by atoms with Crippen molar-refractivity contribution < 1.29 is 4.79 Å². The zero-order valence-corrected chi connectivity index (χ0v) is 15.5. The quantitative estimate of drug-likeness (QED) is 0.896. The number of fused-ring (bicyclic) bond motifs is 1. The highest BCUT2D eigenvalue weighted by Crippen LogP contribution is 2.37. The van der Waals surface area contributed by atoms with Gasteiger partial charge in [-0.25, -0.2) is 0 Å². The molecule has 1 saturated heterocycles. The molecule has 0 atom stereocenters. The van der Waals surface area contributed by atoms with E-state index >= 15 is 0 Å². The summed E-state index contributed by atoms with van der Waals surface area (Å²) >= 11 is 1.57. The smallest absolute Gasteiger partial charge is 0.226 e. The Labute approximate surface area is 153 Å². The lowest BCUT2D eigenvalue weighted by atomic mass is 9.82. The fraction of sp³-hybridized carbons (Fsp3) is 0.632. The number of amides is 1. The predicted octanol–water partition coefficient (Wildman–Crippen LogP) is 3.45. The third-order valence-electron chi connectivity index (χ3n) is 5.42. The van der Waals surface area contributed by atoms with Gasteiger partial charge in [0.1, 0.15) is 11.1 Å². The van der Waals surface area contributed by atoms with Crippen LogP contribution in [0.25, 0.3) is 0 Å². The van der Waals surface area contributed by atoms with Crippen molar-refractivity contribution in [2.24, 2.45) is 5.41 Å². The van der Waals surface area contributed by atoms with E-state index in [0.717, 1.165) is 55.8 Å². The van der Waals surface area contributed by atoms with Gasteiger partial charge in [-0.15, -0.1) is 11.3 Å². The first-order valence-corrected chi connectivity index (χ1v) is 9.84. The van der Waals surface area contributed by atoms with Crippen LogP contribution in [0.5, 0.6) is 0 Å². The van der Waals surface area contributed by atoms with Gasteiger partial charge in [-0.3, -0.25) is 4.79 Å². The van der Waals surface area contributed by atoms with Crippen molar-refractivity contribution >= 4 is 22.2 Å². The van der Waals surface area contributed by atoms with Crippen LogP contribution in [0.3, 0.4) is 0 Å². The van der Waals surface area contributed by atoms with Crippen molar-refractivity contribution in [3.05, 3.63) is 16.0 Å². The molecule has 0 aromatic carbocycles. The van der Waals surface area contributed by atoms with E-state index in [-0.39, 0.29) is 11.3 Å². The average molecular weight is 356 g/mol. The van der Waals surface area contributed by atoms with Crippen LogP contribution in [-0.4, -0.2) is 30.4 Å². The van der Waals surface area contributed by atoms with Crippen molar-refractivity contribution in [3.63, 3.8) is 0 Å². The van der Waals surface area contributed by atoms with Crippen LogP contribution in [0, 0.1) is 28.1 Å². The standard InChI is InChI=1S/C19H24N4OS/c1-19(13-21)7-10-23(11-8-19)9-6-17(24)22-18-15(12-20)14-4-2-3-5-16(14)25-18/h2-11H2,1H3,(H,22,24). The minimum atomic E-state index is -0.212. The first-order valence-electron chi connectivity index (χ1n) is 9.03.